The highest BCUT2D eigenvalue weighted by atomic mass is 16.1. The standard InChI is InChI=1S/C7H13N3O/c1-6(3-4-8)10-5-7(11)9-2/h6,10H,3,5H2,1-2H3,(H,9,11). The number of hydrogen-bond donors (Lipinski definition) is 2. The minimum atomic E-state index is -0.0604. The summed E-state index contributed by atoms with van der Waals surface area (Å²) in [5.74, 6) is -0.0604. The van der Waals surface area contributed by atoms with Crippen molar-refractivity contribution in [1.82, 2.24) is 10.6 Å². The van der Waals surface area contributed by atoms with Crippen molar-refractivity contribution in [3.05, 3.63) is 0 Å². The molecule has 0 saturated heterocycles. The van der Waals surface area contributed by atoms with Crippen molar-refractivity contribution < 1.29 is 4.79 Å². The van der Waals surface area contributed by atoms with Gasteiger partial charge in [-0.25, -0.2) is 0 Å². The summed E-state index contributed by atoms with van der Waals surface area (Å²) in [6.07, 6.45) is 0.428. The van der Waals surface area contributed by atoms with E-state index in [1.54, 1.807) is 7.05 Å². The fraction of sp³-hybridized carbons (Fsp3) is 0.714. The number of likely N-dealkylation sites (N-methyl/N-ethyl adjacent to an activating group) is 1. The topological polar surface area (TPSA) is 64.9 Å². The van der Waals surface area contributed by atoms with Gasteiger partial charge in [0, 0.05) is 13.1 Å². The molecule has 2 N–H and O–H groups in total. The SMILES string of the molecule is CNC(=O)CNC(C)CC#N. The number of rotatable bonds is 4. The Morgan fingerprint density at radius 3 is 2.82 bits per heavy atom. The number of nitriles is 1. The molecule has 0 fully saturated rings. The fourth-order valence-electron chi connectivity index (χ4n) is 0.564. The first-order valence-corrected chi connectivity index (χ1v) is 3.51. The maximum atomic E-state index is 10.7. The van der Waals surface area contributed by atoms with Crippen molar-refractivity contribution in [3.63, 3.8) is 0 Å². The molecule has 4 heteroatoms. The van der Waals surface area contributed by atoms with Crippen LogP contribution < -0.4 is 10.6 Å². The van der Waals surface area contributed by atoms with Crippen LogP contribution in [0.5, 0.6) is 0 Å². The van der Waals surface area contributed by atoms with Crippen molar-refractivity contribution in [3.8, 4) is 6.07 Å². The van der Waals surface area contributed by atoms with Gasteiger partial charge >= 0.3 is 0 Å². The first kappa shape index (κ1) is 9.92. The van der Waals surface area contributed by atoms with Crippen molar-refractivity contribution in [1.29, 1.82) is 5.26 Å². The van der Waals surface area contributed by atoms with E-state index in [0.29, 0.717) is 6.42 Å². The Labute approximate surface area is 66.6 Å². The largest absolute Gasteiger partial charge is 0.358 e. The lowest BCUT2D eigenvalue weighted by Gasteiger charge is -2.07. The molecule has 0 saturated carbocycles. The van der Waals surface area contributed by atoms with Gasteiger partial charge in [0.2, 0.25) is 5.91 Å². The quantitative estimate of drug-likeness (QED) is 0.582. The Kier molecular flexibility index (Phi) is 5.13. The molecular formula is C7H13N3O. The monoisotopic (exact) mass is 155 g/mol. The Balaban J connectivity index is 3.39. The maximum Gasteiger partial charge on any atom is 0.233 e. The maximum absolute atomic E-state index is 10.7. The average molecular weight is 155 g/mol. The van der Waals surface area contributed by atoms with Crippen LogP contribution in [0.25, 0.3) is 0 Å². The van der Waals surface area contributed by atoms with Gasteiger partial charge in [0.25, 0.3) is 0 Å². The third kappa shape index (κ3) is 5.37. The highest BCUT2D eigenvalue weighted by molar-refractivity contribution is 5.77. The summed E-state index contributed by atoms with van der Waals surface area (Å²) in [7, 11) is 1.58. The Hall–Kier alpha value is -1.08. The van der Waals surface area contributed by atoms with Gasteiger partial charge in [-0.05, 0) is 6.92 Å². The molecule has 0 aromatic carbocycles. The molecule has 0 aliphatic carbocycles. The van der Waals surface area contributed by atoms with Gasteiger partial charge in [-0.2, -0.15) is 5.26 Å². The molecule has 0 heterocycles. The second-order valence-corrected chi connectivity index (χ2v) is 2.32. The molecule has 0 bridgehead atoms. The first-order valence-electron chi connectivity index (χ1n) is 3.51. The number of carbonyl (C=O) groups is 1. The van der Waals surface area contributed by atoms with E-state index in [1.165, 1.54) is 0 Å². The zero-order valence-electron chi connectivity index (χ0n) is 6.85. The Bertz CT molecular complexity index is 162. The van der Waals surface area contributed by atoms with Crippen LogP contribution in [0.15, 0.2) is 0 Å². The predicted octanol–water partition coefficient (Wildman–Crippen LogP) is -0.376. The molecule has 0 aromatic heterocycles. The van der Waals surface area contributed by atoms with Gasteiger partial charge in [0.1, 0.15) is 0 Å². The van der Waals surface area contributed by atoms with Crippen molar-refractivity contribution in [2.75, 3.05) is 13.6 Å². The number of nitrogens with zero attached hydrogens (tertiary/aromatic N) is 1. The highest BCUT2D eigenvalue weighted by Crippen LogP contribution is 1.85. The van der Waals surface area contributed by atoms with Gasteiger partial charge in [-0.1, -0.05) is 0 Å². The molecule has 0 aromatic rings. The van der Waals surface area contributed by atoms with Crippen LogP contribution in [0, 0.1) is 11.3 Å². The number of carbonyl (C=O) groups excluding carboxylic acids is 1. The normalized spacial score (nSPS) is 11.7. The molecule has 0 rings (SSSR count). The predicted molar refractivity (Wildman–Crippen MR) is 41.8 cm³/mol. The van der Waals surface area contributed by atoms with Crippen LogP contribution in [-0.4, -0.2) is 25.5 Å². The minimum Gasteiger partial charge on any atom is -0.358 e. The van der Waals surface area contributed by atoms with Crippen LogP contribution >= 0.6 is 0 Å². The first-order chi connectivity index (χ1) is 5.20. The summed E-state index contributed by atoms with van der Waals surface area (Å²) in [5.41, 5.74) is 0. The van der Waals surface area contributed by atoms with E-state index in [-0.39, 0.29) is 18.5 Å². The Morgan fingerprint density at radius 1 is 1.73 bits per heavy atom. The lowest BCUT2D eigenvalue weighted by atomic mass is 10.2. The third-order valence-corrected chi connectivity index (χ3v) is 1.29. The molecule has 0 radical (unpaired) electrons. The smallest absolute Gasteiger partial charge is 0.233 e. The van der Waals surface area contributed by atoms with Gasteiger partial charge in [-0.3, -0.25) is 4.79 Å². The fourth-order valence-corrected chi connectivity index (χ4v) is 0.564. The molecule has 4 nitrogen and oxygen atoms in total. The summed E-state index contributed by atoms with van der Waals surface area (Å²) in [6, 6.07) is 2.10. The van der Waals surface area contributed by atoms with E-state index in [0.717, 1.165) is 0 Å². The molecule has 0 aliphatic rings. The van der Waals surface area contributed by atoms with Crippen LogP contribution in [0.4, 0.5) is 0 Å². The Morgan fingerprint density at radius 2 is 2.36 bits per heavy atom. The lowest BCUT2D eigenvalue weighted by molar-refractivity contribution is -0.119. The minimum absolute atomic E-state index is 0.0604. The molecule has 62 valence electrons. The number of hydrogen-bond acceptors (Lipinski definition) is 3. The van der Waals surface area contributed by atoms with E-state index < -0.39 is 0 Å². The van der Waals surface area contributed by atoms with Crippen LogP contribution in [-0.2, 0) is 4.79 Å². The molecule has 1 amide bonds. The van der Waals surface area contributed by atoms with Gasteiger partial charge in [0.05, 0.1) is 19.0 Å². The average Bonchev–Trinajstić information content (AvgIpc) is 2.01. The molecular weight excluding hydrogens is 142 g/mol. The molecule has 0 aliphatic heterocycles. The summed E-state index contributed by atoms with van der Waals surface area (Å²) in [5, 5.41) is 13.6. The summed E-state index contributed by atoms with van der Waals surface area (Å²) < 4.78 is 0. The molecule has 1 unspecified atom stereocenters. The van der Waals surface area contributed by atoms with Crippen LogP contribution in [0.2, 0.25) is 0 Å². The molecule has 11 heavy (non-hydrogen) atoms. The summed E-state index contributed by atoms with van der Waals surface area (Å²) in [4.78, 5) is 10.7. The van der Waals surface area contributed by atoms with Crippen molar-refractivity contribution >= 4 is 5.91 Å². The highest BCUT2D eigenvalue weighted by Gasteiger charge is 2.01. The van der Waals surface area contributed by atoms with Crippen molar-refractivity contribution in [2.24, 2.45) is 0 Å². The molecule has 0 spiro atoms. The van der Waals surface area contributed by atoms with E-state index in [2.05, 4.69) is 10.6 Å². The van der Waals surface area contributed by atoms with Gasteiger partial charge in [0.15, 0.2) is 0 Å². The van der Waals surface area contributed by atoms with E-state index >= 15 is 0 Å². The summed E-state index contributed by atoms with van der Waals surface area (Å²) in [6.45, 7) is 2.14. The molecule has 1 atom stereocenters. The second kappa shape index (κ2) is 5.69. The van der Waals surface area contributed by atoms with E-state index in [1.807, 2.05) is 13.0 Å². The van der Waals surface area contributed by atoms with Crippen molar-refractivity contribution in [2.45, 2.75) is 19.4 Å². The second-order valence-electron chi connectivity index (χ2n) is 2.32. The van der Waals surface area contributed by atoms with E-state index in [9.17, 15) is 4.79 Å². The zero-order valence-corrected chi connectivity index (χ0v) is 6.85. The van der Waals surface area contributed by atoms with Gasteiger partial charge < -0.3 is 10.6 Å². The lowest BCUT2D eigenvalue weighted by Crippen LogP contribution is -2.36. The number of nitrogens with one attached hydrogen (secondary N) is 2. The third-order valence-electron chi connectivity index (χ3n) is 1.29. The van der Waals surface area contributed by atoms with Gasteiger partial charge in [-0.15, -0.1) is 0 Å². The van der Waals surface area contributed by atoms with E-state index in [4.69, 9.17) is 5.26 Å². The summed E-state index contributed by atoms with van der Waals surface area (Å²) >= 11 is 0. The number of amides is 1. The van der Waals surface area contributed by atoms with Crippen LogP contribution in [0.3, 0.4) is 0 Å². The zero-order chi connectivity index (χ0) is 8.69. The van der Waals surface area contributed by atoms with Crippen LogP contribution in [0.1, 0.15) is 13.3 Å².